The molecule has 0 aliphatic carbocycles. The van der Waals surface area contributed by atoms with Crippen molar-refractivity contribution in [2.75, 3.05) is 18.1 Å². The van der Waals surface area contributed by atoms with Crippen molar-refractivity contribution in [3.63, 3.8) is 0 Å². The van der Waals surface area contributed by atoms with Gasteiger partial charge in [-0.2, -0.15) is 11.8 Å². The number of aliphatic hydroxyl groups excluding tert-OH is 1. The molecule has 0 aromatic heterocycles. The summed E-state index contributed by atoms with van der Waals surface area (Å²) in [5.74, 6) is 0.617. The molecule has 114 valence electrons. The van der Waals surface area contributed by atoms with Crippen LogP contribution in [0.25, 0.3) is 0 Å². The predicted octanol–water partition coefficient (Wildman–Crippen LogP) is 2.63. The van der Waals surface area contributed by atoms with E-state index in [0.717, 1.165) is 25.0 Å². The molecule has 0 aromatic carbocycles. The van der Waals surface area contributed by atoms with Gasteiger partial charge in [0.2, 0.25) is 0 Å². The molecular formula is C14H29NO3S. The number of aliphatic carboxylic acids is 1. The first-order chi connectivity index (χ1) is 9.18. The summed E-state index contributed by atoms with van der Waals surface area (Å²) >= 11 is 1.64. The number of carbonyl (C=O) groups is 1. The van der Waals surface area contributed by atoms with Crippen LogP contribution in [0, 0.1) is 0 Å². The lowest BCUT2D eigenvalue weighted by Gasteiger charge is -2.05. The Morgan fingerprint density at radius 3 is 1.89 bits per heavy atom. The van der Waals surface area contributed by atoms with E-state index in [1.807, 2.05) is 0 Å². The van der Waals surface area contributed by atoms with Gasteiger partial charge >= 0.3 is 5.97 Å². The van der Waals surface area contributed by atoms with Gasteiger partial charge in [0.25, 0.3) is 0 Å². The van der Waals surface area contributed by atoms with Crippen LogP contribution in [0.4, 0.5) is 0 Å². The standard InChI is InChI=1S/C14H29NO3S/c15-13(14(17)18)12-19-11-9-7-5-3-1-2-4-6-8-10-16/h13,16H,1-12,15H2,(H,17,18)/t13-/m0/s1. The van der Waals surface area contributed by atoms with Crippen molar-refractivity contribution in [1.82, 2.24) is 0 Å². The van der Waals surface area contributed by atoms with E-state index < -0.39 is 12.0 Å². The smallest absolute Gasteiger partial charge is 0.321 e. The summed E-state index contributed by atoms with van der Waals surface area (Å²) in [6.07, 6.45) is 10.8. The molecule has 5 heteroatoms. The molecule has 19 heavy (non-hydrogen) atoms. The molecule has 1 atom stereocenters. The Morgan fingerprint density at radius 1 is 0.947 bits per heavy atom. The third-order valence-corrected chi connectivity index (χ3v) is 4.23. The summed E-state index contributed by atoms with van der Waals surface area (Å²) in [6, 6.07) is -0.719. The minimum atomic E-state index is -0.909. The molecule has 0 rings (SSSR count). The van der Waals surface area contributed by atoms with Crippen molar-refractivity contribution in [1.29, 1.82) is 0 Å². The molecule has 0 aliphatic rings. The van der Waals surface area contributed by atoms with Gasteiger partial charge in [0.15, 0.2) is 0 Å². The van der Waals surface area contributed by atoms with Crippen LogP contribution in [-0.2, 0) is 4.79 Å². The van der Waals surface area contributed by atoms with Gasteiger partial charge < -0.3 is 15.9 Å². The molecule has 0 aliphatic heterocycles. The van der Waals surface area contributed by atoms with Crippen molar-refractivity contribution in [3.8, 4) is 0 Å². The van der Waals surface area contributed by atoms with Gasteiger partial charge in [0, 0.05) is 12.4 Å². The fraction of sp³-hybridized carbons (Fsp3) is 0.929. The first kappa shape index (κ1) is 18.7. The maximum absolute atomic E-state index is 10.5. The molecule has 0 saturated carbocycles. The molecular weight excluding hydrogens is 262 g/mol. The second-order valence-corrected chi connectivity index (χ2v) is 6.08. The normalized spacial score (nSPS) is 12.5. The zero-order valence-electron chi connectivity index (χ0n) is 11.9. The van der Waals surface area contributed by atoms with E-state index in [-0.39, 0.29) is 0 Å². The van der Waals surface area contributed by atoms with Gasteiger partial charge in [-0.05, 0) is 18.6 Å². The van der Waals surface area contributed by atoms with E-state index in [1.54, 1.807) is 11.8 Å². The van der Waals surface area contributed by atoms with Crippen molar-refractivity contribution >= 4 is 17.7 Å². The number of thioether (sulfide) groups is 1. The summed E-state index contributed by atoms with van der Waals surface area (Å²) in [6.45, 7) is 0.323. The van der Waals surface area contributed by atoms with Crippen LogP contribution in [-0.4, -0.2) is 40.3 Å². The van der Waals surface area contributed by atoms with Gasteiger partial charge in [-0.25, -0.2) is 0 Å². The van der Waals surface area contributed by atoms with Crippen LogP contribution >= 0.6 is 11.8 Å². The highest BCUT2D eigenvalue weighted by Crippen LogP contribution is 2.12. The molecule has 0 radical (unpaired) electrons. The second kappa shape index (κ2) is 14.2. The average molecular weight is 291 g/mol. The van der Waals surface area contributed by atoms with Crippen LogP contribution in [0.3, 0.4) is 0 Å². The lowest BCUT2D eigenvalue weighted by Crippen LogP contribution is -2.32. The zero-order chi connectivity index (χ0) is 14.3. The number of carboxylic acids is 1. The fourth-order valence-electron chi connectivity index (χ4n) is 1.83. The van der Waals surface area contributed by atoms with E-state index in [9.17, 15) is 4.79 Å². The molecule has 4 N–H and O–H groups in total. The first-order valence-electron chi connectivity index (χ1n) is 7.35. The van der Waals surface area contributed by atoms with Crippen molar-refractivity contribution in [2.24, 2.45) is 5.73 Å². The Morgan fingerprint density at radius 2 is 1.42 bits per heavy atom. The van der Waals surface area contributed by atoms with Gasteiger partial charge in [-0.1, -0.05) is 44.9 Å². The van der Waals surface area contributed by atoms with Crippen LogP contribution in [0.1, 0.15) is 57.8 Å². The minimum Gasteiger partial charge on any atom is -0.480 e. The SMILES string of the molecule is N[C@@H](CSCCCCCCCCCCCO)C(=O)O. The van der Waals surface area contributed by atoms with Gasteiger partial charge in [-0.15, -0.1) is 0 Å². The summed E-state index contributed by atoms with van der Waals surface area (Å²) in [7, 11) is 0. The van der Waals surface area contributed by atoms with Crippen LogP contribution in [0.2, 0.25) is 0 Å². The van der Waals surface area contributed by atoms with E-state index >= 15 is 0 Å². The highest BCUT2D eigenvalue weighted by Gasteiger charge is 2.10. The molecule has 0 aromatic rings. The summed E-state index contributed by atoms with van der Waals surface area (Å²) in [5.41, 5.74) is 5.41. The zero-order valence-corrected chi connectivity index (χ0v) is 12.7. The van der Waals surface area contributed by atoms with E-state index in [1.165, 1.54) is 38.5 Å². The van der Waals surface area contributed by atoms with E-state index in [2.05, 4.69) is 0 Å². The molecule has 0 fully saturated rings. The largest absolute Gasteiger partial charge is 0.480 e. The van der Waals surface area contributed by atoms with Gasteiger partial charge in [0.1, 0.15) is 6.04 Å². The summed E-state index contributed by atoms with van der Waals surface area (Å²) in [4.78, 5) is 10.5. The molecule has 0 spiro atoms. The van der Waals surface area contributed by atoms with E-state index in [0.29, 0.717) is 12.4 Å². The van der Waals surface area contributed by atoms with Crippen molar-refractivity contribution < 1.29 is 15.0 Å². The third kappa shape index (κ3) is 14.0. The maximum atomic E-state index is 10.5. The molecule has 0 bridgehead atoms. The Hall–Kier alpha value is -0.260. The number of unbranched alkanes of at least 4 members (excludes halogenated alkanes) is 8. The van der Waals surface area contributed by atoms with Crippen molar-refractivity contribution in [2.45, 2.75) is 63.8 Å². The number of aliphatic hydroxyl groups is 1. The number of hydrogen-bond acceptors (Lipinski definition) is 4. The summed E-state index contributed by atoms with van der Waals surface area (Å²) in [5, 5.41) is 17.2. The van der Waals surface area contributed by atoms with Crippen LogP contribution < -0.4 is 5.73 Å². The lowest BCUT2D eigenvalue weighted by molar-refractivity contribution is -0.137. The van der Waals surface area contributed by atoms with Crippen LogP contribution in [0.5, 0.6) is 0 Å². The molecule has 0 heterocycles. The number of rotatable bonds is 14. The highest BCUT2D eigenvalue weighted by atomic mass is 32.2. The molecule has 0 saturated heterocycles. The average Bonchev–Trinajstić information content (AvgIpc) is 2.39. The number of carboxylic acid groups (broad SMARTS) is 1. The van der Waals surface area contributed by atoms with E-state index in [4.69, 9.17) is 15.9 Å². The molecule has 0 amide bonds. The number of hydrogen-bond donors (Lipinski definition) is 3. The van der Waals surface area contributed by atoms with Gasteiger partial charge in [-0.3, -0.25) is 4.79 Å². The van der Waals surface area contributed by atoms with Crippen LogP contribution in [0.15, 0.2) is 0 Å². The quantitative estimate of drug-likeness (QED) is 0.428. The topological polar surface area (TPSA) is 83.5 Å². The molecule has 0 unspecified atom stereocenters. The lowest BCUT2D eigenvalue weighted by atomic mass is 10.1. The van der Waals surface area contributed by atoms with Gasteiger partial charge in [0.05, 0.1) is 0 Å². The minimum absolute atomic E-state index is 0.323. The fourth-order valence-corrected chi connectivity index (χ4v) is 2.81. The molecule has 4 nitrogen and oxygen atoms in total. The highest BCUT2D eigenvalue weighted by molar-refractivity contribution is 7.99. The Labute approximate surface area is 121 Å². The van der Waals surface area contributed by atoms with Crippen molar-refractivity contribution in [3.05, 3.63) is 0 Å². The monoisotopic (exact) mass is 291 g/mol. The Kier molecular flexibility index (Phi) is 14.0. The Bertz CT molecular complexity index is 215. The second-order valence-electron chi connectivity index (χ2n) is 4.93. The summed E-state index contributed by atoms with van der Waals surface area (Å²) < 4.78 is 0. The maximum Gasteiger partial charge on any atom is 0.321 e. The number of nitrogens with two attached hydrogens (primary N) is 1. The predicted molar refractivity (Wildman–Crippen MR) is 81.6 cm³/mol. The first-order valence-corrected chi connectivity index (χ1v) is 8.51. The third-order valence-electron chi connectivity index (χ3n) is 3.06. The Balaban J connectivity index is 3.05.